The van der Waals surface area contributed by atoms with Crippen LogP contribution in [0.1, 0.15) is 53.3 Å². The molecular weight excluding hydrogens is 500 g/mol. The van der Waals surface area contributed by atoms with Gasteiger partial charge in [0.1, 0.15) is 0 Å². The summed E-state index contributed by atoms with van der Waals surface area (Å²) in [5.74, 6) is 0.186. The highest BCUT2D eigenvalue weighted by atomic mass is 16.5. The largest absolute Gasteiger partial charge is 0.493 e. The van der Waals surface area contributed by atoms with Gasteiger partial charge in [-0.3, -0.25) is 9.69 Å². The van der Waals surface area contributed by atoms with Crippen molar-refractivity contribution in [1.82, 2.24) is 9.88 Å². The number of aromatic amines is 1. The minimum atomic E-state index is -1.05. The number of aliphatic carboxylic acids is 1. The maximum absolute atomic E-state index is 11.7. The predicted molar refractivity (Wildman–Crippen MR) is 146 cm³/mol. The predicted octanol–water partition coefficient (Wildman–Crippen LogP) is 5.00. The van der Waals surface area contributed by atoms with Gasteiger partial charge >= 0.3 is 11.9 Å². The molecule has 3 heterocycles. The number of benzene rings is 2. The first-order valence-electron chi connectivity index (χ1n) is 13.5. The molecule has 3 aliphatic rings. The average molecular weight is 537 g/mol. The minimum Gasteiger partial charge on any atom is -0.493 e. The Kier molecular flexibility index (Phi) is 7.70. The van der Waals surface area contributed by atoms with Crippen LogP contribution in [0.25, 0.3) is 10.9 Å². The van der Waals surface area contributed by atoms with E-state index in [4.69, 9.17) is 19.3 Å². The molecule has 0 unspecified atom stereocenters. The first-order chi connectivity index (χ1) is 18.9. The molecule has 3 N–H and O–H groups in total. The number of nitrogens with zero attached hydrogens (tertiary/aromatic N) is 1. The van der Waals surface area contributed by atoms with Crippen LogP contribution in [0.4, 0.5) is 0 Å². The van der Waals surface area contributed by atoms with Crippen molar-refractivity contribution in [1.29, 1.82) is 0 Å². The van der Waals surface area contributed by atoms with Crippen LogP contribution < -0.4 is 14.2 Å². The number of carbonyl (C=O) groups is 2. The lowest BCUT2D eigenvalue weighted by Gasteiger charge is -2.49. The Morgan fingerprint density at radius 1 is 1.00 bits per heavy atom. The molecule has 4 atom stereocenters. The lowest BCUT2D eigenvalue weighted by atomic mass is 9.66. The van der Waals surface area contributed by atoms with Crippen LogP contribution in [-0.2, 0) is 11.2 Å². The van der Waals surface area contributed by atoms with Gasteiger partial charge in [0.05, 0.1) is 38.9 Å². The normalized spacial score (nSPS) is 23.9. The number of hydrogen-bond acceptors (Lipinski definition) is 6. The van der Waals surface area contributed by atoms with Crippen LogP contribution in [0.5, 0.6) is 17.2 Å². The van der Waals surface area contributed by atoms with Gasteiger partial charge < -0.3 is 29.4 Å². The number of aromatic carboxylic acids is 1. The van der Waals surface area contributed by atoms with E-state index in [0.29, 0.717) is 35.1 Å². The van der Waals surface area contributed by atoms with Gasteiger partial charge in [-0.05, 0) is 61.3 Å². The molecule has 208 valence electrons. The zero-order valence-electron chi connectivity index (χ0n) is 22.6. The van der Waals surface area contributed by atoms with E-state index in [1.54, 1.807) is 0 Å². The van der Waals surface area contributed by atoms with Gasteiger partial charge in [0.25, 0.3) is 0 Å². The van der Waals surface area contributed by atoms with Crippen molar-refractivity contribution in [3.63, 3.8) is 0 Å². The number of carboxylic acids is 2. The molecule has 39 heavy (non-hydrogen) atoms. The maximum atomic E-state index is 11.7. The highest BCUT2D eigenvalue weighted by Crippen LogP contribution is 2.49. The van der Waals surface area contributed by atoms with Crippen molar-refractivity contribution in [3.05, 3.63) is 53.2 Å². The third-order valence-corrected chi connectivity index (χ3v) is 8.68. The van der Waals surface area contributed by atoms with E-state index in [9.17, 15) is 14.7 Å². The first kappa shape index (κ1) is 26.9. The molecule has 2 aliphatic heterocycles. The summed E-state index contributed by atoms with van der Waals surface area (Å²) >= 11 is 0. The molecule has 0 amide bonds. The van der Waals surface area contributed by atoms with Gasteiger partial charge in [0.2, 0.25) is 5.75 Å². The third-order valence-electron chi connectivity index (χ3n) is 8.68. The van der Waals surface area contributed by atoms with Crippen LogP contribution in [0.3, 0.4) is 0 Å². The van der Waals surface area contributed by atoms with Gasteiger partial charge in [0.15, 0.2) is 11.5 Å². The van der Waals surface area contributed by atoms with E-state index >= 15 is 0 Å². The second kappa shape index (κ2) is 11.2. The van der Waals surface area contributed by atoms with E-state index in [1.807, 2.05) is 0 Å². The molecule has 0 radical (unpaired) electrons. The van der Waals surface area contributed by atoms with Gasteiger partial charge in [0, 0.05) is 29.7 Å². The Bertz CT molecular complexity index is 1340. The summed E-state index contributed by atoms with van der Waals surface area (Å²) < 4.78 is 15.1. The van der Waals surface area contributed by atoms with Crippen molar-refractivity contribution >= 4 is 22.8 Å². The fourth-order valence-corrected chi connectivity index (χ4v) is 6.86. The molecule has 9 heteroatoms. The topological polar surface area (TPSA) is 121 Å². The van der Waals surface area contributed by atoms with Crippen molar-refractivity contribution in [2.45, 2.75) is 38.1 Å². The molecule has 1 saturated carbocycles. The van der Waals surface area contributed by atoms with E-state index < -0.39 is 11.9 Å². The van der Waals surface area contributed by atoms with Crippen molar-refractivity contribution in [2.75, 3.05) is 34.4 Å². The molecule has 2 fully saturated rings. The molecular formula is C30H36N2O7. The number of hydrogen-bond donors (Lipinski definition) is 3. The third kappa shape index (κ3) is 5.03. The number of nitrogens with one attached hydrogen (secondary N) is 1. The number of para-hydroxylation sites is 1. The van der Waals surface area contributed by atoms with Crippen LogP contribution in [0.15, 0.2) is 36.4 Å². The van der Waals surface area contributed by atoms with Gasteiger partial charge in [-0.2, -0.15) is 0 Å². The summed E-state index contributed by atoms with van der Waals surface area (Å²) in [4.78, 5) is 28.8. The molecule has 1 aliphatic carbocycles. The standard InChI is InChI=1S/C20H24N2O2.C10H12O5/c23-20(24)15-6-3-4-12-11-22-9-8-14-13-5-1-2-7-17(13)21-19(14)18(22)10-16(12)15;1-13-7-4-6(10(11)12)5-8(14-2)9(7)15-3/h1-2,5,7,12,15-16,18,21H,3-4,6,8-11H2,(H,23,24);4-5H,1-3H3,(H,11,12)/t12-,15-,16+,18+;/m1./s1. The highest BCUT2D eigenvalue weighted by molar-refractivity contribution is 5.89. The van der Waals surface area contributed by atoms with Crippen LogP contribution in [0, 0.1) is 17.8 Å². The van der Waals surface area contributed by atoms with Crippen LogP contribution >= 0.6 is 0 Å². The summed E-state index contributed by atoms with van der Waals surface area (Å²) in [6, 6.07) is 11.7. The lowest BCUT2D eigenvalue weighted by molar-refractivity contribution is -0.148. The molecule has 1 saturated heterocycles. The zero-order chi connectivity index (χ0) is 27.7. The minimum absolute atomic E-state index is 0.0875. The Labute approximate surface area is 227 Å². The molecule has 0 spiro atoms. The summed E-state index contributed by atoms with van der Waals surface area (Å²) in [5, 5.41) is 19.9. The Balaban J connectivity index is 0.000000179. The number of piperidine rings is 1. The van der Waals surface area contributed by atoms with Gasteiger partial charge in [-0.15, -0.1) is 0 Å². The van der Waals surface area contributed by atoms with Crippen molar-refractivity contribution in [2.24, 2.45) is 17.8 Å². The first-order valence-corrected chi connectivity index (χ1v) is 13.5. The van der Waals surface area contributed by atoms with E-state index in [2.05, 4.69) is 34.1 Å². The number of H-pyrrole nitrogens is 1. The lowest BCUT2D eigenvalue weighted by Crippen LogP contribution is -2.50. The van der Waals surface area contributed by atoms with Gasteiger partial charge in [-0.1, -0.05) is 24.6 Å². The monoisotopic (exact) mass is 536 g/mol. The summed E-state index contributed by atoms with van der Waals surface area (Å²) in [7, 11) is 4.33. The number of fused-ring (bicyclic) bond motifs is 6. The zero-order valence-corrected chi connectivity index (χ0v) is 22.6. The Morgan fingerprint density at radius 2 is 1.72 bits per heavy atom. The summed E-state index contributed by atoms with van der Waals surface area (Å²) in [6.07, 6.45) is 5.26. The quantitative estimate of drug-likeness (QED) is 0.417. The number of rotatable bonds is 5. The summed E-state index contributed by atoms with van der Waals surface area (Å²) in [5.41, 5.74) is 4.14. The second-order valence-corrected chi connectivity index (χ2v) is 10.6. The molecule has 2 aromatic carbocycles. The van der Waals surface area contributed by atoms with E-state index in [-0.39, 0.29) is 11.5 Å². The number of methoxy groups -OCH3 is 3. The number of aromatic nitrogens is 1. The highest BCUT2D eigenvalue weighted by Gasteiger charge is 2.46. The molecule has 3 aromatic rings. The Hall–Kier alpha value is -3.72. The molecule has 6 rings (SSSR count). The smallest absolute Gasteiger partial charge is 0.335 e. The molecule has 9 nitrogen and oxygen atoms in total. The fraction of sp³-hybridized carbons (Fsp3) is 0.467. The van der Waals surface area contributed by atoms with Crippen LogP contribution in [-0.4, -0.2) is 66.5 Å². The number of carboxylic acid groups (broad SMARTS) is 2. The number of ether oxygens (including phenoxy) is 3. The molecule has 1 aromatic heterocycles. The average Bonchev–Trinajstić information content (AvgIpc) is 3.34. The fourth-order valence-electron chi connectivity index (χ4n) is 6.86. The van der Waals surface area contributed by atoms with Crippen LogP contribution in [0.2, 0.25) is 0 Å². The van der Waals surface area contributed by atoms with Crippen molar-refractivity contribution < 1.29 is 34.0 Å². The van der Waals surface area contributed by atoms with Gasteiger partial charge in [-0.25, -0.2) is 4.79 Å². The van der Waals surface area contributed by atoms with E-state index in [0.717, 1.165) is 38.8 Å². The maximum Gasteiger partial charge on any atom is 0.335 e. The molecule has 0 bridgehead atoms. The summed E-state index contributed by atoms with van der Waals surface area (Å²) in [6.45, 7) is 2.19. The Morgan fingerprint density at radius 3 is 2.36 bits per heavy atom. The SMILES string of the molecule is COc1cc(C(=O)O)cc(OC)c1OC.O=C(O)[C@@H]1CCC[C@@H]2CN3CCc4c([nH]c5ccccc45)[C@@H]3C[C@@H]21. The second-order valence-electron chi connectivity index (χ2n) is 10.6. The van der Waals surface area contributed by atoms with E-state index in [1.165, 1.54) is 62.0 Å². The van der Waals surface area contributed by atoms with Crippen molar-refractivity contribution in [3.8, 4) is 17.2 Å².